The quantitative estimate of drug-likeness (QED) is 0.545. The molecule has 166 valence electrons. The van der Waals surface area contributed by atoms with Crippen molar-refractivity contribution in [2.45, 2.75) is 31.9 Å². The summed E-state index contributed by atoms with van der Waals surface area (Å²) in [6, 6.07) is 14.1. The Kier molecular flexibility index (Phi) is 7.46. The van der Waals surface area contributed by atoms with Crippen LogP contribution in [0, 0.1) is 0 Å². The first-order valence-electron chi connectivity index (χ1n) is 9.80. The molecule has 0 atom stereocenters. The number of halogens is 4. The van der Waals surface area contributed by atoms with Gasteiger partial charge in [-0.3, -0.25) is 4.68 Å². The predicted molar refractivity (Wildman–Crippen MR) is 114 cm³/mol. The van der Waals surface area contributed by atoms with Crippen molar-refractivity contribution in [3.8, 4) is 22.6 Å². The van der Waals surface area contributed by atoms with Gasteiger partial charge in [0.25, 0.3) is 0 Å². The number of hydrogen-bond donors (Lipinski definition) is 1. The van der Waals surface area contributed by atoms with Gasteiger partial charge in [0.1, 0.15) is 6.61 Å². The van der Waals surface area contributed by atoms with Gasteiger partial charge in [-0.25, -0.2) is 0 Å². The van der Waals surface area contributed by atoms with E-state index >= 15 is 0 Å². The standard InChI is InChI=1S/C22H22F3N3O2.ClH/c23-22(24,25)30-21-12-17(6-7-20(21)29-15-16-4-2-1-3-5-16)18-13-27-28(14-18)19-8-10-26-11-9-19;/h1-7,12-14,19,26H,8-11,15H2;1H. The molecule has 3 aromatic rings. The number of piperidine rings is 1. The second-order valence-electron chi connectivity index (χ2n) is 7.17. The lowest BCUT2D eigenvalue weighted by Crippen LogP contribution is -2.29. The molecule has 1 N–H and O–H groups in total. The van der Waals surface area contributed by atoms with Gasteiger partial charge < -0.3 is 14.8 Å². The zero-order valence-electron chi connectivity index (χ0n) is 16.6. The van der Waals surface area contributed by atoms with Gasteiger partial charge in [0, 0.05) is 11.8 Å². The number of alkyl halides is 3. The van der Waals surface area contributed by atoms with Crippen molar-refractivity contribution in [2.75, 3.05) is 13.1 Å². The molecule has 0 radical (unpaired) electrons. The summed E-state index contributed by atoms with van der Waals surface area (Å²) in [6.07, 6.45) is 0.654. The van der Waals surface area contributed by atoms with E-state index in [1.807, 2.05) is 41.2 Å². The SMILES string of the molecule is Cl.FC(F)(F)Oc1cc(-c2cnn(C3CCNCC3)c2)ccc1OCc1ccccc1. The lowest BCUT2D eigenvalue weighted by molar-refractivity contribution is -0.275. The summed E-state index contributed by atoms with van der Waals surface area (Å²) >= 11 is 0. The highest BCUT2D eigenvalue weighted by Gasteiger charge is 2.33. The Hall–Kier alpha value is -2.71. The number of aromatic nitrogens is 2. The maximum atomic E-state index is 13.0. The Morgan fingerprint density at radius 1 is 1.00 bits per heavy atom. The van der Waals surface area contributed by atoms with Crippen LogP contribution in [0.5, 0.6) is 11.5 Å². The number of nitrogens with one attached hydrogen (secondary N) is 1. The van der Waals surface area contributed by atoms with Gasteiger partial charge in [-0.05, 0) is 49.2 Å². The molecule has 0 saturated carbocycles. The van der Waals surface area contributed by atoms with Gasteiger partial charge in [-0.15, -0.1) is 25.6 Å². The van der Waals surface area contributed by atoms with Gasteiger partial charge >= 0.3 is 6.36 Å². The molecule has 0 bridgehead atoms. The van der Waals surface area contributed by atoms with E-state index in [0.29, 0.717) is 11.6 Å². The summed E-state index contributed by atoms with van der Waals surface area (Å²) < 4.78 is 50.6. The van der Waals surface area contributed by atoms with Gasteiger partial charge in [-0.2, -0.15) is 5.10 Å². The topological polar surface area (TPSA) is 48.3 Å². The average Bonchev–Trinajstić information content (AvgIpc) is 3.23. The molecular formula is C22H23ClF3N3O2. The molecule has 1 aliphatic rings. The van der Waals surface area contributed by atoms with Gasteiger partial charge in [0.15, 0.2) is 11.5 Å². The van der Waals surface area contributed by atoms with Crippen LogP contribution in [0.25, 0.3) is 11.1 Å². The minimum absolute atomic E-state index is 0. The number of ether oxygens (including phenoxy) is 2. The highest BCUT2D eigenvalue weighted by Crippen LogP contribution is 2.37. The zero-order chi connectivity index (χ0) is 21.0. The van der Waals surface area contributed by atoms with E-state index in [4.69, 9.17) is 4.74 Å². The Bertz CT molecular complexity index is 974. The minimum atomic E-state index is -4.82. The highest BCUT2D eigenvalue weighted by atomic mass is 35.5. The Labute approximate surface area is 184 Å². The largest absolute Gasteiger partial charge is 0.573 e. The zero-order valence-corrected chi connectivity index (χ0v) is 17.5. The first-order chi connectivity index (χ1) is 14.5. The monoisotopic (exact) mass is 453 g/mol. The van der Waals surface area contributed by atoms with Crippen molar-refractivity contribution in [1.82, 2.24) is 15.1 Å². The van der Waals surface area contributed by atoms with Crippen LogP contribution in [0.3, 0.4) is 0 Å². The molecule has 9 heteroatoms. The molecule has 1 saturated heterocycles. The Balaban J connectivity index is 0.00000272. The summed E-state index contributed by atoms with van der Waals surface area (Å²) in [5.74, 6) is -0.337. The molecule has 31 heavy (non-hydrogen) atoms. The lowest BCUT2D eigenvalue weighted by Gasteiger charge is -2.22. The number of rotatable bonds is 6. The minimum Gasteiger partial charge on any atom is -0.485 e. The average molecular weight is 454 g/mol. The van der Waals surface area contributed by atoms with E-state index in [0.717, 1.165) is 37.1 Å². The predicted octanol–water partition coefficient (Wildman–Crippen LogP) is 5.37. The first kappa shape index (κ1) is 23.0. The van der Waals surface area contributed by atoms with Crippen LogP contribution >= 0.6 is 12.4 Å². The van der Waals surface area contributed by atoms with Crippen LogP contribution in [0.2, 0.25) is 0 Å². The van der Waals surface area contributed by atoms with E-state index in [1.165, 1.54) is 12.1 Å². The highest BCUT2D eigenvalue weighted by molar-refractivity contribution is 5.85. The molecule has 0 amide bonds. The van der Waals surface area contributed by atoms with E-state index in [9.17, 15) is 13.2 Å². The smallest absolute Gasteiger partial charge is 0.485 e. The summed E-state index contributed by atoms with van der Waals surface area (Å²) in [4.78, 5) is 0. The summed E-state index contributed by atoms with van der Waals surface area (Å²) in [6.45, 7) is 2.00. The Morgan fingerprint density at radius 3 is 2.45 bits per heavy atom. The third-order valence-electron chi connectivity index (χ3n) is 5.02. The van der Waals surface area contributed by atoms with Crippen molar-refractivity contribution < 1.29 is 22.6 Å². The van der Waals surface area contributed by atoms with Crippen molar-refractivity contribution in [1.29, 1.82) is 0 Å². The van der Waals surface area contributed by atoms with Crippen LogP contribution < -0.4 is 14.8 Å². The fraction of sp³-hybridized carbons (Fsp3) is 0.318. The molecular weight excluding hydrogens is 431 g/mol. The van der Waals surface area contributed by atoms with E-state index in [1.54, 1.807) is 12.3 Å². The van der Waals surface area contributed by atoms with Crippen LogP contribution in [0.15, 0.2) is 60.9 Å². The van der Waals surface area contributed by atoms with Crippen LogP contribution in [0.4, 0.5) is 13.2 Å². The van der Waals surface area contributed by atoms with Crippen LogP contribution in [0.1, 0.15) is 24.4 Å². The van der Waals surface area contributed by atoms with Gasteiger partial charge in [0.2, 0.25) is 0 Å². The normalized spacial score (nSPS) is 14.7. The van der Waals surface area contributed by atoms with Crippen LogP contribution in [-0.2, 0) is 6.61 Å². The number of nitrogens with zero attached hydrogens (tertiary/aromatic N) is 2. The summed E-state index contributed by atoms with van der Waals surface area (Å²) in [7, 11) is 0. The van der Waals surface area contributed by atoms with Gasteiger partial charge in [0.05, 0.1) is 12.2 Å². The lowest BCUT2D eigenvalue weighted by atomic mass is 10.1. The van der Waals surface area contributed by atoms with E-state index in [-0.39, 0.29) is 30.5 Å². The van der Waals surface area contributed by atoms with E-state index < -0.39 is 6.36 Å². The molecule has 1 aromatic heterocycles. The molecule has 5 nitrogen and oxygen atoms in total. The Morgan fingerprint density at radius 2 is 1.74 bits per heavy atom. The molecule has 2 heterocycles. The molecule has 0 unspecified atom stereocenters. The number of benzene rings is 2. The van der Waals surface area contributed by atoms with Gasteiger partial charge in [-0.1, -0.05) is 36.4 Å². The molecule has 2 aromatic carbocycles. The fourth-order valence-corrected chi connectivity index (χ4v) is 3.50. The molecule has 0 aliphatic carbocycles. The second-order valence-corrected chi connectivity index (χ2v) is 7.17. The van der Waals surface area contributed by atoms with Crippen LogP contribution in [-0.4, -0.2) is 29.2 Å². The second kappa shape index (κ2) is 10.1. The first-order valence-corrected chi connectivity index (χ1v) is 9.80. The third-order valence-corrected chi connectivity index (χ3v) is 5.02. The van der Waals surface area contributed by atoms with Crippen molar-refractivity contribution in [3.63, 3.8) is 0 Å². The van der Waals surface area contributed by atoms with Crippen molar-refractivity contribution in [2.24, 2.45) is 0 Å². The molecule has 1 aliphatic heterocycles. The molecule has 1 fully saturated rings. The fourth-order valence-electron chi connectivity index (χ4n) is 3.50. The maximum absolute atomic E-state index is 13.0. The summed E-state index contributed by atoms with van der Waals surface area (Å²) in [5.41, 5.74) is 2.17. The third kappa shape index (κ3) is 6.15. The van der Waals surface area contributed by atoms with Crippen molar-refractivity contribution in [3.05, 3.63) is 66.5 Å². The number of hydrogen-bond acceptors (Lipinski definition) is 4. The van der Waals surface area contributed by atoms with E-state index in [2.05, 4.69) is 15.2 Å². The molecule has 4 rings (SSSR count). The van der Waals surface area contributed by atoms with Crippen molar-refractivity contribution >= 4 is 12.4 Å². The summed E-state index contributed by atoms with van der Waals surface area (Å²) in [5, 5.41) is 7.72. The molecule has 0 spiro atoms. The maximum Gasteiger partial charge on any atom is 0.573 e.